The molecule has 0 spiro atoms. The highest BCUT2D eigenvalue weighted by Crippen LogP contribution is 2.36. The largest absolute Gasteiger partial charge is 0.389 e. The van der Waals surface area contributed by atoms with Crippen LogP contribution in [0, 0.1) is 18.7 Å². The van der Waals surface area contributed by atoms with Gasteiger partial charge < -0.3 is 19.9 Å². The van der Waals surface area contributed by atoms with E-state index in [0.29, 0.717) is 18.8 Å². The molecule has 5 rings (SSSR count). The number of hydrogen-bond acceptors (Lipinski definition) is 4. The van der Waals surface area contributed by atoms with E-state index in [2.05, 4.69) is 15.3 Å². The molecular weight excluding hydrogens is 490 g/mol. The van der Waals surface area contributed by atoms with Gasteiger partial charge in [0.2, 0.25) is 0 Å². The van der Waals surface area contributed by atoms with E-state index < -0.39 is 30.4 Å². The number of halogens is 4. The fraction of sp³-hybridized carbons (Fsp3) is 0.462. The summed E-state index contributed by atoms with van der Waals surface area (Å²) in [5.74, 6) is -1.24. The van der Waals surface area contributed by atoms with Crippen LogP contribution in [-0.2, 0) is 11.8 Å². The zero-order valence-electron chi connectivity index (χ0n) is 20.7. The first-order valence-corrected chi connectivity index (χ1v) is 12.3. The Hall–Kier alpha value is -3.34. The van der Waals surface area contributed by atoms with Gasteiger partial charge in [0, 0.05) is 51.2 Å². The number of hydrogen-bond donors (Lipinski definition) is 1. The molecule has 1 N–H and O–H groups in total. The molecule has 0 bridgehead atoms. The highest BCUT2D eigenvalue weighted by Gasteiger charge is 2.36. The number of rotatable bonds is 4. The molecule has 0 aliphatic carbocycles. The van der Waals surface area contributed by atoms with E-state index in [4.69, 9.17) is 4.74 Å². The van der Waals surface area contributed by atoms with Gasteiger partial charge in [0.05, 0.1) is 24.6 Å². The van der Waals surface area contributed by atoms with Crippen molar-refractivity contribution in [1.82, 2.24) is 14.7 Å². The van der Waals surface area contributed by atoms with Crippen molar-refractivity contribution >= 4 is 28.3 Å². The summed E-state index contributed by atoms with van der Waals surface area (Å²) >= 11 is 0. The van der Waals surface area contributed by atoms with Gasteiger partial charge in [0.25, 0.3) is 0 Å². The molecule has 1 unspecified atom stereocenters. The monoisotopic (exact) mass is 519 g/mol. The van der Waals surface area contributed by atoms with Crippen molar-refractivity contribution in [2.24, 2.45) is 13.0 Å². The quantitative estimate of drug-likeness (QED) is 0.474. The smallest absolute Gasteiger partial charge is 0.378 e. The Bertz CT molecular complexity index is 1320. The van der Waals surface area contributed by atoms with Gasteiger partial charge >= 0.3 is 12.2 Å². The molecule has 3 heterocycles. The van der Waals surface area contributed by atoms with Gasteiger partial charge in [-0.15, -0.1) is 0 Å². The van der Waals surface area contributed by atoms with Crippen LogP contribution in [0.1, 0.15) is 18.4 Å². The highest BCUT2D eigenvalue weighted by molar-refractivity contribution is 5.96. The van der Waals surface area contributed by atoms with Gasteiger partial charge in [0.1, 0.15) is 11.3 Å². The summed E-state index contributed by atoms with van der Waals surface area (Å²) < 4.78 is 60.4. The normalized spacial score (nSPS) is 18.6. The number of morpholine rings is 1. The van der Waals surface area contributed by atoms with Crippen molar-refractivity contribution in [1.29, 1.82) is 0 Å². The summed E-state index contributed by atoms with van der Waals surface area (Å²) in [6.07, 6.45) is -3.01. The number of fused-ring (bicyclic) bond motifs is 1. The zero-order chi connectivity index (χ0) is 26.3. The van der Waals surface area contributed by atoms with Gasteiger partial charge in [-0.05, 0) is 60.2 Å². The fourth-order valence-corrected chi connectivity index (χ4v) is 5.22. The number of ether oxygens (including phenoxy) is 1. The van der Waals surface area contributed by atoms with Crippen LogP contribution in [0.15, 0.2) is 30.5 Å². The third-order valence-corrected chi connectivity index (χ3v) is 7.01. The molecule has 11 heteroatoms. The Labute approximate surface area is 212 Å². The van der Waals surface area contributed by atoms with E-state index in [1.165, 1.54) is 11.0 Å². The van der Waals surface area contributed by atoms with Crippen molar-refractivity contribution in [3.05, 3.63) is 41.8 Å². The summed E-state index contributed by atoms with van der Waals surface area (Å²) in [6.45, 7) is 4.68. The molecule has 1 atom stereocenters. The summed E-state index contributed by atoms with van der Waals surface area (Å²) in [5, 5.41) is 8.14. The standard InChI is InChI=1S/C26H29F4N5O2/c1-16-9-21(27)22(31-25(36)35-4-3-17(14-35)13-26(28,29)30)12-20(16)18-10-19-15-33(2)32-24(19)23(11-18)34-5-7-37-8-6-34/h9-12,15,17H,3-8,13-14H2,1-2H3,(H,31,36). The maximum Gasteiger partial charge on any atom is 0.389 e. The van der Waals surface area contributed by atoms with Crippen molar-refractivity contribution in [3.8, 4) is 11.1 Å². The highest BCUT2D eigenvalue weighted by atomic mass is 19.4. The molecule has 2 aliphatic heterocycles. The second-order valence-electron chi connectivity index (χ2n) is 9.83. The molecule has 0 radical (unpaired) electrons. The number of anilines is 2. The van der Waals surface area contributed by atoms with Crippen LogP contribution < -0.4 is 10.2 Å². The van der Waals surface area contributed by atoms with Gasteiger partial charge in [0.15, 0.2) is 0 Å². The second kappa shape index (κ2) is 9.85. The first-order chi connectivity index (χ1) is 17.6. The molecule has 2 saturated heterocycles. The molecule has 3 aromatic rings. The molecule has 2 fully saturated rings. The second-order valence-corrected chi connectivity index (χ2v) is 9.83. The van der Waals surface area contributed by atoms with E-state index in [-0.39, 0.29) is 25.2 Å². The first-order valence-electron chi connectivity index (χ1n) is 12.3. The molecular formula is C26H29F4N5O2. The molecule has 1 aromatic heterocycles. The van der Waals surface area contributed by atoms with Crippen LogP contribution in [0.25, 0.3) is 22.0 Å². The zero-order valence-corrected chi connectivity index (χ0v) is 20.7. The number of aromatic nitrogens is 2. The number of benzene rings is 2. The van der Waals surface area contributed by atoms with Gasteiger partial charge in [-0.1, -0.05) is 0 Å². The Balaban J connectivity index is 1.43. The number of carbonyl (C=O) groups excluding carboxylic acids is 1. The summed E-state index contributed by atoms with van der Waals surface area (Å²) in [5.41, 5.74) is 4.10. The number of urea groups is 1. The Kier molecular flexibility index (Phi) is 6.74. The summed E-state index contributed by atoms with van der Waals surface area (Å²) in [4.78, 5) is 16.3. The molecule has 2 amide bonds. The minimum absolute atomic E-state index is 0.00767. The molecule has 2 aliphatic rings. The van der Waals surface area contributed by atoms with Crippen molar-refractivity contribution < 1.29 is 27.1 Å². The van der Waals surface area contributed by atoms with E-state index in [1.807, 2.05) is 25.4 Å². The maximum atomic E-state index is 14.9. The number of aryl methyl sites for hydroxylation is 2. The minimum Gasteiger partial charge on any atom is -0.378 e. The first kappa shape index (κ1) is 25.3. The predicted molar refractivity (Wildman–Crippen MR) is 133 cm³/mol. The van der Waals surface area contributed by atoms with E-state index in [0.717, 1.165) is 40.8 Å². The predicted octanol–water partition coefficient (Wildman–Crippen LogP) is 5.33. The SMILES string of the molecule is Cc1cc(F)c(NC(=O)N2CCC(CC(F)(F)F)C2)cc1-c1cc(N2CCOCC2)c2nn(C)cc2c1. The summed E-state index contributed by atoms with van der Waals surface area (Å²) in [6, 6.07) is 6.36. The van der Waals surface area contributed by atoms with E-state index in [9.17, 15) is 22.4 Å². The third-order valence-electron chi connectivity index (χ3n) is 7.01. The Morgan fingerprint density at radius 2 is 1.92 bits per heavy atom. The van der Waals surface area contributed by atoms with Gasteiger partial charge in [-0.25, -0.2) is 9.18 Å². The number of nitrogens with one attached hydrogen (secondary N) is 1. The minimum atomic E-state index is -4.27. The molecule has 7 nitrogen and oxygen atoms in total. The van der Waals surface area contributed by atoms with Crippen molar-refractivity contribution in [3.63, 3.8) is 0 Å². The number of amides is 2. The number of carbonyl (C=O) groups is 1. The van der Waals surface area contributed by atoms with Crippen LogP contribution in [0.4, 0.5) is 33.7 Å². The average molecular weight is 520 g/mol. The third kappa shape index (κ3) is 5.51. The van der Waals surface area contributed by atoms with Gasteiger partial charge in [-0.2, -0.15) is 18.3 Å². The lowest BCUT2D eigenvalue weighted by atomic mass is 9.97. The van der Waals surface area contributed by atoms with Crippen LogP contribution in [-0.4, -0.2) is 66.3 Å². The number of nitrogens with zero attached hydrogens (tertiary/aromatic N) is 4. The maximum absolute atomic E-state index is 14.9. The lowest BCUT2D eigenvalue weighted by molar-refractivity contribution is -0.143. The fourth-order valence-electron chi connectivity index (χ4n) is 5.22. The topological polar surface area (TPSA) is 62.6 Å². The Morgan fingerprint density at radius 3 is 2.65 bits per heavy atom. The summed E-state index contributed by atoms with van der Waals surface area (Å²) in [7, 11) is 1.86. The average Bonchev–Trinajstić information content (AvgIpc) is 3.45. The lowest BCUT2D eigenvalue weighted by Gasteiger charge is -2.29. The van der Waals surface area contributed by atoms with Crippen molar-refractivity contribution in [2.75, 3.05) is 49.6 Å². The van der Waals surface area contributed by atoms with Crippen LogP contribution in [0.3, 0.4) is 0 Å². The molecule has 0 saturated carbocycles. The molecule has 198 valence electrons. The molecule has 2 aromatic carbocycles. The lowest BCUT2D eigenvalue weighted by Crippen LogP contribution is -2.36. The number of alkyl halides is 3. The van der Waals surface area contributed by atoms with Gasteiger partial charge in [-0.3, -0.25) is 4.68 Å². The van der Waals surface area contributed by atoms with Crippen molar-refractivity contribution in [2.45, 2.75) is 25.9 Å². The van der Waals surface area contributed by atoms with Crippen LogP contribution in [0.5, 0.6) is 0 Å². The van der Waals surface area contributed by atoms with Crippen LogP contribution in [0.2, 0.25) is 0 Å². The van der Waals surface area contributed by atoms with E-state index >= 15 is 0 Å². The van der Waals surface area contributed by atoms with Crippen LogP contribution >= 0.6 is 0 Å². The Morgan fingerprint density at radius 1 is 1.16 bits per heavy atom. The van der Waals surface area contributed by atoms with E-state index in [1.54, 1.807) is 17.7 Å². The number of likely N-dealkylation sites (tertiary alicyclic amines) is 1. The molecule has 37 heavy (non-hydrogen) atoms.